The summed E-state index contributed by atoms with van der Waals surface area (Å²) in [4.78, 5) is 13.0. The number of benzene rings is 1. The molecule has 0 aromatic heterocycles. The molecule has 4 aliphatic rings. The third-order valence-electron chi connectivity index (χ3n) is 8.73. The number of hydrogen-bond donors (Lipinski definition) is 4. The van der Waals surface area contributed by atoms with Gasteiger partial charge in [0.25, 0.3) is 5.91 Å². The van der Waals surface area contributed by atoms with Crippen LogP contribution in [0.15, 0.2) is 36.2 Å². The van der Waals surface area contributed by atoms with Crippen LogP contribution in [0, 0.1) is 28.6 Å². The Balaban J connectivity index is 1.46. The topological polar surface area (TPSA) is 103 Å². The Labute approximate surface area is 203 Å². The van der Waals surface area contributed by atoms with E-state index in [1.165, 1.54) is 30.4 Å². The van der Waals surface area contributed by atoms with Crippen molar-refractivity contribution >= 4 is 17.2 Å². The van der Waals surface area contributed by atoms with Crippen LogP contribution in [-0.2, 0) is 10.2 Å². The zero-order valence-corrected chi connectivity index (χ0v) is 20.4. The standard InChI is InChI=1S/C28H37N5O/c1-27(2)9-5-18(6-10-27)23-14-21(28(17-30)11-7-19-13-20(19)8-12-28)3-4-24(23)33-26(34)25-31-16-22(15-29)32-25/h3-5,14,16,19-20,25,31-32H,6-13,17,30H2,1-2H3,(H,33,34). The summed E-state index contributed by atoms with van der Waals surface area (Å²) in [5.41, 5.74) is 11.7. The van der Waals surface area contributed by atoms with Gasteiger partial charge in [0.1, 0.15) is 11.8 Å². The maximum absolute atomic E-state index is 13.0. The van der Waals surface area contributed by atoms with E-state index >= 15 is 0 Å². The molecule has 0 spiro atoms. The van der Waals surface area contributed by atoms with Crippen LogP contribution in [0.5, 0.6) is 0 Å². The summed E-state index contributed by atoms with van der Waals surface area (Å²) < 4.78 is 0. The van der Waals surface area contributed by atoms with Gasteiger partial charge in [-0.05, 0) is 91.9 Å². The van der Waals surface area contributed by atoms with Crippen molar-refractivity contribution in [2.45, 2.75) is 76.8 Å². The molecule has 2 saturated carbocycles. The highest BCUT2D eigenvalue weighted by Crippen LogP contribution is 2.53. The third kappa shape index (κ3) is 4.46. The first-order chi connectivity index (χ1) is 16.3. The van der Waals surface area contributed by atoms with Gasteiger partial charge in [0.15, 0.2) is 6.17 Å². The van der Waals surface area contributed by atoms with E-state index in [0.29, 0.717) is 17.7 Å². The van der Waals surface area contributed by atoms with Gasteiger partial charge in [-0.1, -0.05) is 26.0 Å². The molecule has 6 nitrogen and oxygen atoms in total. The number of amides is 1. The van der Waals surface area contributed by atoms with Crippen LogP contribution in [0.2, 0.25) is 0 Å². The minimum atomic E-state index is -0.648. The number of carbonyl (C=O) groups is 1. The Morgan fingerprint density at radius 3 is 2.62 bits per heavy atom. The molecule has 1 heterocycles. The summed E-state index contributed by atoms with van der Waals surface area (Å²) in [5, 5.41) is 18.1. The summed E-state index contributed by atoms with van der Waals surface area (Å²) in [6.45, 7) is 5.30. The van der Waals surface area contributed by atoms with Crippen LogP contribution >= 0.6 is 0 Å². The quantitative estimate of drug-likeness (QED) is 0.519. The highest BCUT2D eigenvalue weighted by Gasteiger charge is 2.44. The number of nitriles is 1. The number of hydrogen-bond acceptors (Lipinski definition) is 5. The second-order valence-electron chi connectivity index (χ2n) is 11.6. The lowest BCUT2D eigenvalue weighted by Crippen LogP contribution is -2.43. The second-order valence-corrected chi connectivity index (χ2v) is 11.6. The lowest BCUT2D eigenvalue weighted by molar-refractivity contribution is -0.118. The number of allylic oxidation sites excluding steroid dienone is 3. The highest BCUT2D eigenvalue weighted by molar-refractivity contribution is 5.98. The SMILES string of the molecule is CC1(C)CC=C(c2cc(C3(CN)CCC4CC4CC3)ccc2NC(=O)C2NC=C(C#N)N2)CC1. The Morgan fingerprint density at radius 2 is 2.00 bits per heavy atom. The summed E-state index contributed by atoms with van der Waals surface area (Å²) in [6.07, 6.45) is 12.7. The normalized spacial score (nSPS) is 31.5. The number of carbonyl (C=O) groups excluding carboxylic acids is 1. The minimum Gasteiger partial charge on any atom is -0.361 e. The number of anilines is 1. The van der Waals surface area contributed by atoms with Gasteiger partial charge in [0.2, 0.25) is 0 Å². The van der Waals surface area contributed by atoms with E-state index in [1.54, 1.807) is 6.20 Å². The largest absolute Gasteiger partial charge is 0.361 e. The van der Waals surface area contributed by atoms with Crippen LogP contribution in [0.1, 0.15) is 76.3 Å². The van der Waals surface area contributed by atoms with Crippen LogP contribution in [0.25, 0.3) is 5.57 Å². The average Bonchev–Trinajstić information content (AvgIpc) is 3.46. The average molecular weight is 460 g/mol. The first-order valence-electron chi connectivity index (χ1n) is 12.8. The predicted octanol–water partition coefficient (Wildman–Crippen LogP) is 4.51. The Bertz CT molecular complexity index is 1070. The van der Waals surface area contributed by atoms with E-state index in [4.69, 9.17) is 11.0 Å². The lowest BCUT2D eigenvalue weighted by atomic mass is 9.72. The van der Waals surface area contributed by atoms with Crippen LogP contribution in [0.3, 0.4) is 0 Å². The van der Waals surface area contributed by atoms with Gasteiger partial charge < -0.3 is 21.7 Å². The molecule has 180 valence electrons. The molecule has 34 heavy (non-hydrogen) atoms. The van der Waals surface area contributed by atoms with Crippen molar-refractivity contribution in [3.05, 3.63) is 47.3 Å². The van der Waals surface area contributed by atoms with Crippen molar-refractivity contribution < 1.29 is 4.79 Å². The fraction of sp³-hybridized carbons (Fsp3) is 0.571. The third-order valence-corrected chi connectivity index (χ3v) is 8.73. The molecule has 5 rings (SSSR count). The molecule has 5 N–H and O–H groups in total. The van der Waals surface area contributed by atoms with Crippen molar-refractivity contribution in [3.63, 3.8) is 0 Å². The molecule has 3 atom stereocenters. The molecule has 0 bridgehead atoms. The van der Waals surface area contributed by atoms with Gasteiger partial charge in [-0.25, -0.2) is 0 Å². The van der Waals surface area contributed by atoms with E-state index in [-0.39, 0.29) is 11.3 Å². The maximum Gasteiger partial charge on any atom is 0.267 e. The van der Waals surface area contributed by atoms with Crippen molar-refractivity contribution in [1.29, 1.82) is 5.26 Å². The maximum atomic E-state index is 13.0. The smallest absolute Gasteiger partial charge is 0.267 e. The van der Waals surface area contributed by atoms with Crippen molar-refractivity contribution in [2.24, 2.45) is 23.0 Å². The van der Waals surface area contributed by atoms with Gasteiger partial charge in [0, 0.05) is 29.4 Å². The monoisotopic (exact) mass is 459 g/mol. The zero-order chi connectivity index (χ0) is 23.9. The molecule has 1 aliphatic heterocycles. The Kier molecular flexibility index (Phi) is 5.93. The molecule has 1 aromatic rings. The van der Waals surface area contributed by atoms with Crippen LogP contribution in [0.4, 0.5) is 5.69 Å². The summed E-state index contributed by atoms with van der Waals surface area (Å²) in [7, 11) is 0. The van der Waals surface area contributed by atoms with E-state index in [0.717, 1.165) is 55.2 Å². The van der Waals surface area contributed by atoms with Crippen molar-refractivity contribution in [1.82, 2.24) is 10.6 Å². The van der Waals surface area contributed by atoms with E-state index < -0.39 is 6.17 Å². The molecule has 3 aliphatic carbocycles. The van der Waals surface area contributed by atoms with Gasteiger partial charge in [-0.3, -0.25) is 4.79 Å². The van der Waals surface area contributed by atoms with E-state index in [1.807, 2.05) is 6.07 Å². The molecular weight excluding hydrogens is 422 g/mol. The summed E-state index contributed by atoms with van der Waals surface area (Å²) in [5.74, 6) is 1.62. The molecule has 6 heteroatoms. The molecule has 3 unspecified atom stereocenters. The minimum absolute atomic E-state index is 0.0272. The number of nitrogens with two attached hydrogens (primary N) is 1. The molecule has 1 aromatic carbocycles. The van der Waals surface area contributed by atoms with Crippen molar-refractivity contribution in [3.8, 4) is 6.07 Å². The molecule has 2 fully saturated rings. The Hall–Kier alpha value is -2.78. The molecule has 1 amide bonds. The zero-order valence-electron chi connectivity index (χ0n) is 20.4. The number of nitrogens with one attached hydrogen (secondary N) is 3. The van der Waals surface area contributed by atoms with Crippen LogP contribution < -0.4 is 21.7 Å². The fourth-order valence-electron chi connectivity index (χ4n) is 6.06. The highest BCUT2D eigenvalue weighted by atomic mass is 16.2. The van der Waals surface area contributed by atoms with Gasteiger partial charge in [-0.2, -0.15) is 5.26 Å². The van der Waals surface area contributed by atoms with Gasteiger partial charge >= 0.3 is 0 Å². The molecule has 0 saturated heterocycles. The molecular formula is C28H37N5O. The summed E-state index contributed by atoms with van der Waals surface area (Å²) >= 11 is 0. The lowest BCUT2D eigenvalue weighted by Gasteiger charge is -2.34. The fourth-order valence-corrected chi connectivity index (χ4v) is 6.06. The number of fused-ring (bicyclic) bond motifs is 1. The number of nitrogens with zero attached hydrogens (tertiary/aromatic N) is 1. The first-order valence-corrected chi connectivity index (χ1v) is 12.8. The Morgan fingerprint density at radius 1 is 1.24 bits per heavy atom. The van der Waals surface area contributed by atoms with E-state index in [9.17, 15) is 4.79 Å². The number of rotatable bonds is 5. The second kappa shape index (κ2) is 8.78. The van der Waals surface area contributed by atoms with Gasteiger partial charge in [0.05, 0.1) is 0 Å². The van der Waals surface area contributed by atoms with Crippen molar-refractivity contribution in [2.75, 3.05) is 11.9 Å². The molecule has 0 radical (unpaired) electrons. The first kappa shape index (κ1) is 23.0. The summed E-state index contributed by atoms with van der Waals surface area (Å²) in [6, 6.07) is 8.61. The van der Waals surface area contributed by atoms with E-state index in [2.05, 4.69) is 54.1 Å². The predicted molar refractivity (Wildman–Crippen MR) is 135 cm³/mol. The van der Waals surface area contributed by atoms with Crippen LogP contribution in [-0.4, -0.2) is 18.6 Å². The van der Waals surface area contributed by atoms with Gasteiger partial charge in [-0.15, -0.1) is 0 Å².